The van der Waals surface area contributed by atoms with Crippen molar-refractivity contribution in [3.05, 3.63) is 29.8 Å². The first kappa shape index (κ1) is 19.0. The zero-order chi connectivity index (χ0) is 17.6. The van der Waals surface area contributed by atoms with Crippen LogP contribution in [0.15, 0.2) is 24.3 Å². The second kappa shape index (κ2) is 8.56. The third-order valence-corrected chi connectivity index (χ3v) is 3.43. The lowest BCUT2D eigenvalue weighted by atomic mass is 10.1. The molecule has 0 saturated heterocycles. The molecule has 0 bridgehead atoms. The minimum atomic E-state index is -0.366. The molecule has 1 atom stereocenters. The normalized spacial score (nSPS) is 12.2. The van der Waals surface area contributed by atoms with E-state index in [1.807, 2.05) is 27.7 Å². The number of carbonyl (C=O) groups is 2. The maximum absolute atomic E-state index is 12.7. The number of hydrogen-bond donors (Lipinski definition) is 0. The van der Waals surface area contributed by atoms with E-state index in [1.54, 1.807) is 36.1 Å². The molecule has 128 valence electrons. The number of rotatable bonds is 7. The maximum atomic E-state index is 12.7. The van der Waals surface area contributed by atoms with E-state index in [9.17, 15) is 9.59 Å². The van der Waals surface area contributed by atoms with Gasteiger partial charge in [-0.15, -0.1) is 0 Å². The highest BCUT2D eigenvalue weighted by atomic mass is 16.5. The highest BCUT2D eigenvalue weighted by Crippen LogP contribution is 2.17. The van der Waals surface area contributed by atoms with Crippen LogP contribution in [0.3, 0.4) is 0 Å². The summed E-state index contributed by atoms with van der Waals surface area (Å²) in [6.45, 7) is 9.85. The molecule has 5 heteroatoms. The summed E-state index contributed by atoms with van der Waals surface area (Å²) in [6, 6.07) is 7.06. The molecular formula is C18H27NO4. The predicted molar refractivity (Wildman–Crippen MR) is 89.6 cm³/mol. The molecule has 0 spiro atoms. The SMILES string of the molecule is COC(=O)C(C)CN(C(=O)c1ccc(OC(C)C)cc1)C(C)C. The van der Waals surface area contributed by atoms with Crippen molar-refractivity contribution in [1.82, 2.24) is 4.90 Å². The average molecular weight is 321 g/mol. The Labute approximate surface area is 138 Å². The summed E-state index contributed by atoms with van der Waals surface area (Å²) in [5.74, 6) is -0.0542. The fourth-order valence-corrected chi connectivity index (χ4v) is 2.21. The van der Waals surface area contributed by atoms with E-state index in [4.69, 9.17) is 9.47 Å². The molecule has 0 radical (unpaired) electrons. The first-order chi connectivity index (χ1) is 10.8. The molecule has 0 saturated carbocycles. The van der Waals surface area contributed by atoms with E-state index in [-0.39, 0.29) is 29.9 Å². The van der Waals surface area contributed by atoms with Crippen LogP contribution in [-0.2, 0) is 9.53 Å². The van der Waals surface area contributed by atoms with Gasteiger partial charge in [-0.1, -0.05) is 6.92 Å². The Morgan fingerprint density at radius 1 is 1.04 bits per heavy atom. The molecule has 23 heavy (non-hydrogen) atoms. The Kier molecular flexibility index (Phi) is 7.07. The van der Waals surface area contributed by atoms with E-state index >= 15 is 0 Å². The predicted octanol–water partition coefficient (Wildman–Crippen LogP) is 3.13. The quantitative estimate of drug-likeness (QED) is 0.724. The lowest BCUT2D eigenvalue weighted by Crippen LogP contribution is -2.41. The van der Waals surface area contributed by atoms with Crippen molar-refractivity contribution in [2.45, 2.75) is 46.8 Å². The fraction of sp³-hybridized carbons (Fsp3) is 0.556. The number of hydrogen-bond acceptors (Lipinski definition) is 4. The van der Waals surface area contributed by atoms with Gasteiger partial charge in [0.2, 0.25) is 0 Å². The minimum absolute atomic E-state index is 0.0128. The van der Waals surface area contributed by atoms with Crippen molar-refractivity contribution in [3.8, 4) is 5.75 Å². The Balaban J connectivity index is 2.87. The first-order valence-corrected chi connectivity index (χ1v) is 7.91. The number of ether oxygens (including phenoxy) is 2. The summed E-state index contributed by atoms with van der Waals surface area (Å²) >= 11 is 0. The average Bonchev–Trinajstić information content (AvgIpc) is 2.50. The lowest BCUT2D eigenvalue weighted by Gasteiger charge is -2.29. The van der Waals surface area contributed by atoms with Crippen LogP contribution in [0.25, 0.3) is 0 Å². The number of carbonyl (C=O) groups excluding carboxylic acids is 2. The smallest absolute Gasteiger partial charge is 0.310 e. The van der Waals surface area contributed by atoms with Crippen molar-refractivity contribution in [2.75, 3.05) is 13.7 Å². The van der Waals surface area contributed by atoms with Crippen molar-refractivity contribution in [1.29, 1.82) is 0 Å². The summed E-state index contributed by atoms with van der Waals surface area (Å²) in [6.07, 6.45) is 0.0876. The number of nitrogens with zero attached hydrogens (tertiary/aromatic N) is 1. The third-order valence-electron chi connectivity index (χ3n) is 3.43. The number of benzene rings is 1. The first-order valence-electron chi connectivity index (χ1n) is 7.91. The molecule has 0 fully saturated rings. The molecule has 0 aliphatic heterocycles. The summed E-state index contributed by atoms with van der Waals surface area (Å²) < 4.78 is 10.3. The minimum Gasteiger partial charge on any atom is -0.491 e. The van der Waals surface area contributed by atoms with Gasteiger partial charge in [-0.05, 0) is 52.0 Å². The number of methoxy groups -OCH3 is 1. The van der Waals surface area contributed by atoms with E-state index in [0.29, 0.717) is 12.1 Å². The zero-order valence-corrected chi connectivity index (χ0v) is 14.8. The van der Waals surface area contributed by atoms with Gasteiger partial charge in [0.05, 0.1) is 19.1 Å². The van der Waals surface area contributed by atoms with Gasteiger partial charge in [-0.3, -0.25) is 9.59 Å². The topological polar surface area (TPSA) is 55.8 Å². The van der Waals surface area contributed by atoms with E-state index < -0.39 is 0 Å². The molecule has 1 unspecified atom stereocenters. The monoisotopic (exact) mass is 321 g/mol. The van der Waals surface area contributed by atoms with Gasteiger partial charge in [-0.25, -0.2) is 0 Å². The molecule has 0 aliphatic rings. The molecule has 1 aromatic carbocycles. The van der Waals surface area contributed by atoms with Gasteiger partial charge in [0.1, 0.15) is 5.75 Å². The molecular weight excluding hydrogens is 294 g/mol. The Bertz CT molecular complexity index is 522. The Morgan fingerprint density at radius 3 is 2.04 bits per heavy atom. The second-order valence-electron chi connectivity index (χ2n) is 6.17. The van der Waals surface area contributed by atoms with Gasteiger partial charge in [0.15, 0.2) is 0 Å². The highest BCUT2D eigenvalue weighted by molar-refractivity contribution is 5.94. The van der Waals surface area contributed by atoms with E-state index in [2.05, 4.69) is 0 Å². The van der Waals surface area contributed by atoms with Crippen LogP contribution in [0.1, 0.15) is 45.0 Å². The largest absolute Gasteiger partial charge is 0.491 e. The summed E-state index contributed by atoms with van der Waals surface area (Å²) in [5.41, 5.74) is 0.576. The molecule has 0 aliphatic carbocycles. The molecule has 0 aromatic heterocycles. The zero-order valence-electron chi connectivity index (χ0n) is 14.8. The number of amides is 1. The van der Waals surface area contributed by atoms with Gasteiger partial charge in [-0.2, -0.15) is 0 Å². The lowest BCUT2D eigenvalue weighted by molar-refractivity contribution is -0.145. The van der Waals surface area contributed by atoms with Crippen molar-refractivity contribution in [3.63, 3.8) is 0 Å². The molecule has 0 N–H and O–H groups in total. The maximum Gasteiger partial charge on any atom is 0.310 e. The highest BCUT2D eigenvalue weighted by Gasteiger charge is 2.24. The van der Waals surface area contributed by atoms with Crippen molar-refractivity contribution in [2.24, 2.45) is 5.92 Å². The van der Waals surface area contributed by atoms with Crippen LogP contribution in [0.2, 0.25) is 0 Å². The van der Waals surface area contributed by atoms with Crippen LogP contribution < -0.4 is 4.74 Å². The van der Waals surface area contributed by atoms with Gasteiger partial charge in [0.25, 0.3) is 5.91 Å². The van der Waals surface area contributed by atoms with Crippen LogP contribution in [0.4, 0.5) is 0 Å². The van der Waals surface area contributed by atoms with E-state index in [0.717, 1.165) is 5.75 Å². The van der Waals surface area contributed by atoms with Crippen LogP contribution in [0.5, 0.6) is 5.75 Å². The van der Waals surface area contributed by atoms with E-state index in [1.165, 1.54) is 7.11 Å². The fourth-order valence-electron chi connectivity index (χ4n) is 2.21. The summed E-state index contributed by atoms with van der Waals surface area (Å²) in [5, 5.41) is 0. The van der Waals surface area contributed by atoms with Crippen LogP contribution in [-0.4, -0.2) is 42.6 Å². The molecule has 1 amide bonds. The molecule has 5 nitrogen and oxygen atoms in total. The Morgan fingerprint density at radius 2 is 1.61 bits per heavy atom. The van der Waals surface area contributed by atoms with Crippen molar-refractivity contribution < 1.29 is 19.1 Å². The molecule has 1 aromatic rings. The standard InChI is InChI=1S/C18H27NO4/c1-12(2)19(11-14(5)18(21)22-6)17(20)15-7-9-16(10-8-15)23-13(3)4/h7-10,12-14H,11H2,1-6H3. The van der Waals surface area contributed by atoms with Gasteiger partial charge in [0, 0.05) is 18.2 Å². The van der Waals surface area contributed by atoms with Gasteiger partial charge < -0.3 is 14.4 Å². The van der Waals surface area contributed by atoms with Gasteiger partial charge >= 0.3 is 5.97 Å². The second-order valence-corrected chi connectivity index (χ2v) is 6.17. The van der Waals surface area contributed by atoms with Crippen LogP contribution >= 0.6 is 0 Å². The Hall–Kier alpha value is -2.04. The summed E-state index contributed by atoms with van der Waals surface area (Å²) in [7, 11) is 1.35. The molecule has 0 heterocycles. The molecule has 1 rings (SSSR count). The summed E-state index contributed by atoms with van der Waals surface area (Å²) in [4.78, 5) is 26.0. The third kappa shape index (κ3) is 5.58. The van der Waals surface area contributed by atoms with Crippen molar-refractivity contribution >= 4 is 11.9 Å². The number of esters is 1. The van der Waals surface area contributed by atoms with Crippen LogP contribution in [0, 0.1) is 5.92 Å².